The zero-order valence-electron chi connectivity index (χ0n) is 5.87. The van der Waals surface area contributed by atoms with Gasteiger partial charge in [0, 0.05) is 5.82 Å². The monoisotopic (exact) mass is 239 g/mol. The Hall–Kier alpha value is -0.557. The predicted octanol–water partition coefficient (Wildman–Crippen LogP) is 1.83. The van der Waals surface area contributed by atoms with Crippen LogP contribution in [0.15, 0.2) is 18.2 Å². The van der Waals surface area contributed by atoms with Gasteiger partial charge >= 0.3 is 19.5 Å². The summed E-state index contributed by atoms with van der Waals surface area (Å²) in [4.78, 5) is 10.6. The van der Waals surface area contributed by atoms with Crippen molar-refractivity contribution in [3.05, 3.63) is 35.6 Å². The topological polar surface area (TPSA) is 17.1 Å². The van der Waals surface area contributed by atoms with Crippen molar-refractivity contribution in [2.24, 2.45) is 0 Å². The predicted molar refractivity (Wildman–Crippen MR) is 35.2 cm³/mol. The summed E-state index contributed by atoms with van der Waals surface area (Å²) >= 11 is 0. The van der Waals surface area contributed by atoms with Gasteiger partial charge in [-0.3, -0.25) is 4.39 Å². The molecule has 1 rings (SSSR count). The van der Waals surface area contributed by atoms with Crippen LogP contribution in [0.25, 0.3) is 0 Å². The molecule has 3 heteroatoms. The zero-order chi connectivity index (χ0) is 7.56. The summed E-state index contributed by atoms with van der Waals surface area (Å²) in [6.45, 7) is 1.31. The number of hydrogen-bond donors (Lipinski definition) is 0. The minimum Gasteiger partial charge on any atom is -0.352 e. The maximum Gasteiger partial charge on any atom is 1.00 e. The summed E-state index contributed by atoms with van der Waals surface area (Å²) in [7, 11) is 0. The van der Waals surface area contributed by atoms with E-state index in [0.29, 0.717) is 0 Å². The van der Waals surface area contributed by atoms with Crippen LogP contribution in [0.1, 0.15) is 17.3 Å². The number of carbonyl (C=O) groups is 1. The van der Waals surface area contributed by atoms with Crippen LogP contribution in [0.2, 0.25) is 0 Å². The Morgan fingerprint density at radius 1 is 1.64 bits per heavy atom. The molecule has 0 aliphatic rings. The number of Topliss-reactive ketones (excluding diaryl/α,β-unsaturated/α-hetero) is 1. The molecule has 1 aromatic rings. The third-order valence-electron chi connectivity index (χ3n) is 1.16. The number of halogens is 1. The van der Waals surface area contributed by atoms with Crippen LogP contribution in [0.4, 0.5) is 4.39 Å². The molecule has 0 atom stereocenters. The third-order valence-corrected chi connectivity index (χ3v) is 1.16. The van der Waals surface area contributed by atoms with Gasteiger partial charge in [-0.25, -0.2) is 0 Å². The molecule has 0 aromatic heterocycles. The molecule has 0 fully saturated rings. The van der Waals surface area contributed by atoms with E-state index in [9.17, 15) is 9.18 Å². The van der Waals surface area contributed by atoms with E-state index in [1.165, 1.54) is 25.1 Å². The Balaban J connectivity index is 0.000001000. The molecule has 0 saturated heterocycles. The second-order valence-corrected chi connectivity index (χ2v) is 1.95. The second-order valence-electron chi connectivity index (χ2n) is 1.95. The third kappa shape index (κ3) is 2.51. The van der Waals surface area contributed by atoms with Crippen LogP contribution in [0.3, 0.4) is 0 Å². The Labute approximate surface area is 77.4 Å². The van der Waals surface area contributed by atoms with Crippen molar-refractivity contribution in [1.82, 2.24) is 0 Å². The minimum absolute atomic E-state index is 0. The summed E-state index contributed by atoms with van der Waals surface area (Å²) in [6, 6.07) is 6.77. The first-order valence-corrected chi connectivity index (χ1v) is 2.89. The molecule has 0 bridgehead atoms. The van der Waals surface area contributed by atoms with Crippen LogP contribution >= 0.6 is 0 Å². The van der Waals surface area contributed by atoms with Gasteiger partial charge in [0.25, 0.3) is 0 Å². The second kappa shape index (κ2) is 4.35. The SMILES string of the molecule is CC(=O)c1[c-]cccc1F.[Ru+]. The standard InChI is InChI=1S/C8H6FO.Ru/c1-6(10)7-4-2-3-5-8(7)9;/h2-3,5H,1H3;/q-1;+1. The smallest absolute Gasteiger partial charge is 0.352 e. The van der Waals surface area contributed by atoms with E-state index in [-0.39, 0.29) is 30.8 Å². The van der Waals surface area contributed by atoms with Gasteiger partial charge in [0.05, 0.1) is 5.78 Å². The van der Waals surface area contributed by atoms with Crippen LogP contribution in [-0.4, -0.2) is 5.78 Å². The van der Waals surface area contributed by atoms with Gasteiger partial charge in [-0.2, -0.15) is 0 Å². The zero-order valence-corrected chi connectivity index (χ0v) is 7.61. The molecule has 59 valence electrons. The fourth-order valence-corrected chi connectivity index (χ4v) is 0.686. The van der Waals surface area contributed by atoms with Crippen molar-refractivity contribution >= 4 is 5.78 Å². The summed E-state index contributed by atoms with van der Waals surface area (Å²) in [5, 5.41) is 0. The molecular formula is C8H6FORu. The van der Waals surface area contributed by atoms with E-state index >= 15 is 0 Å². The molecule has 0 amide bonds. The largest absolute Gasteiger partial charge is 1.00 e. The molecule has 1 nitrogen and oxygen atoms in total. The molecule has 0 aliphatic carbocycles. The molecule has 0 N–H and O–H groups in total. The quantitative estimate of drug-likeness (QED) is 0.414. The van der Waals surface area contributed by atoms with E-state index < -0.39 is 5.82 Å². The molecule has 0 unspecified atom stereocenters. The van der Waals surface area contributed by atoms with E-state index in [4.69, 9.17) is 0 Å². The molecule has 1 radical (unpaired) electrons. The Morgan fingerprint density at radius 3 is 2.64 bits per heavy atom. The average molecular weight is 238 g/mol. The van der Waals surface area contributed by atoms with Gasteiger partial charge in [0.1, 0.15) is 0 Å². The van der Waals surface area contributed by atoms with Crippen LogP contribution in [0, 0.1) is 11.9 Å². The molecule has 0 heterocycles. The van der Waals surface area contributed by atoms with Crippen molar-refractivity contribution in [3.63, 3.8) is 0 Å². The maximum absolute atomic E-state index is 12.6. The van der Waals surface area contributed by atoms with Crippen molar-refractivity contribution < 1.29 is 28.7 Å². The summed E-state index contributed by atoms with van der Waals surface area (Å²) in [6.07, 6.45) is 0. The molecule has 11 heavy (non-hydrogen) atoms. The van der Waals surface area contributed by atoms with Crippen molar-refractivity contribution in [2.45, 2.75) is 6.92 Å². The molecule has 0 spiro atoms. The maximum atomic E-state index is 12.6. The number of hydrogen-bond acceptors (Lipinski definition) is 1. The Kier molecular flexibility index (Phi) is 4.13. The van der Waals surface area contributed by atoms with Gasteiger partial charge in [0.15, 0.2) is 0 Å². The average Bonchev–Trinajstić information content (AvgIpc) is 1.88. The van der Waals surface area contributed by atoms with Crippen molar-refractivity contribution in [1.29, 1.82) is 0 Å². The number of rotatable bonds is 1. The first-order chi connectivity index (χ1) is 4.72. The van der Waals surface area contributed by atoms with Crippen LogP contribution in [-0.2, 0) is 19.5 Å². The van der Waals surface area contributed by atoms with Crippen LogP contribution in [0.5, 0.6) is 0 Å². The molecule has 1 aromatic carbocycles. The number of carbonyl (C=O) groups excluding carboxylic acids is 1. The van der Waals surface area contributed by atoms with Gasteiger partial charge in [-0.05, 0) is 6.92 Å². The van der Waals surface area contributed by atoms with E-state index in [1.807, 2.05) is 0 Å². The van der Waals surface area contributed by atoms with Crippen LogP contribution < -0.4 is 0 Å². The van der Waals surface area contributed by atoms with E-state index in [2.05, 4.69) is 6.07 Å². The van der Waals surface area contributed by atoms with E-state index in [0.717, 1.165) is 0 Å². The molecule has 0 saturated carbocycles. The van der Waals surface area contributed by atoms with Crippen molar-refractivity contribution in [3.8, 4) is 0 Å². The van der Waals surface area contributed by atoms with Gasteiger partial charge in [-0.1, -0.05) is 5.56 Å². The fourth-order valence-electron chi connectivity index (χ4n) is 0.686. The fraction of sp³-hybridized carbons (Fsp3) is 0.125. The number of ketones is 1. The summed E-state index contributed by atoms with van der Waals surface area (Å²) in [5.41, 5.74) is 0.0301. The Bertz CT molecular complexity index is 260. The van der Waals surface area contributed by atoms with Gasteiger partial charge in [-0.15, -0.1) is 24.3 Å². The minimum atomic E-state index is -0.505. The molecule has 0 aliphatic heterocycles. The van der Waals surface area contributed by atoms with Crippen molar-refractivity contribution in [2.75, 3.05) is 0 Å². The normalized spacial score (nSPS) is 8.55. The van der Waals surface area contributed by atoms with E-state index in [1.54, 1.807) is 0 Å². The first kappa shape index (κ1) is 10.4. The summed E-state index contributed by atoms with van der Waals surface area (Å²) < 4.78 is 12.6. The number of benzene rings is 1. The van der Waals surface area contributed by atoms with Gasteiger partial charge < -0.3 is 4.79 Å². The first-order valence-electron chi connectivity index (χ1n) is 2.89. The van der Waals surface area contributed by atoms with Gasteiger partial charge in [0.2, 0.25) is 0 Å². The molecular weight excluding hydrogens is 232 g/mol. The summed E-state index contributed by atoms with van der Waals surface area (Å²) in [5.74, 6) is -0.798. The Morgan fingerprint density at radius 2 is 2.27 bits per heavy atom.